The van der Waals surface area contributed by atoms with Gasteiger partial charge in [-0.25, -0.2) is 9.98 Å². The van der Waals surface area contributed by atoms with E-state index in [2.05, 4.69) is 160 Å². The lowest BCUT2D eigenvalue weighted by molar-refractivity contribution is 0.515. The van der Waals surface area contributed by atoms with Crippen molar-refractivity contribution in [1.29, 1.82) is 0 Å². The molecule has 5 nitrogen and oxygen atoms in total. The second-order valence-corrected chi connectivity index (χ2v) is 13.3. The monoisotopic (exact) mass is 645 g/mol. The Morgan fingerprint density at radius 3 is 2.16 bits per heavy atom. The van der Waals surface area contributed by atoms with Crippen LogP contribution in [0.4, 0.5) is 0 Å². The number of nitrogens with one attached hydrogen (secondary N) is 1. The van der Waals surface area contributed by atoms with Crippen LogP contribution in [0.5, 0.6) is 0 Å². The summed E-state index contributed by atoms with van der Waals surface area (Å²) in [5.74, 6) is 1.63. The number of aromatic nitrogens is 2. The molecule has 50 heavy (non-hydrogen) atoms. The van der Waals surface area contributed by atoms with Gasteiger partial charge in [-0.15, -0.1) is 0 Å². The maximum atomic E-state index is 5.31. The van der Waals surface area contributed by atoms with Gasteiger partial charge in [-0.2, -0.15) is 0 Å². The Labute approximate surface area is 290 Å². The van der Waals surface area contributed by atoms with Gasteiger partial charge in [0.15, 0.2) is 5.84 Å². The van der Waals surface area contributed by atoms with Gasteiger partial charge in [0.25, 0.3) is 0 Å². The Bertz CT molecular complexity index is 2670. The number of benzene rings is 5. The smallest absolute Gasteiger partial charge is 0.204 e. The summed E-state index contributed by atoms with van der Waals surface area (Å²) < 4.78 is 4.77. The van der Waals surface area contributed by atoms with Crippen molar-refractivity contribution in [2.45, 2.75) is 32.0 Å². The zero-order valence-corrected chi connectivity index (χ0v) is 27.6. The van der Waals surface area contributed by atoms with Crippen molar-refractivity contribution in [2.24, 2.45) is 9.98 Å². The van der Waals surface area contributed by atoms with Crippen LogP contribution in [0.3, 0.4) is 0 Å². The SMILES string of the molecule is C1=CCCC(C2=NC(n3c4ccccc4c4ccc(-c5ccc6c(c5)c5ccccc5n6C5=CCCC=C5)cc43)NC(c3ccccc3)=N2)=C1. The molecule has 1 N–H and O–H groups in total. The third-order valence-electron chi connectivity index (χ3n) is 10.3. The third kappa shape index (κ3) is 4.69. The minimum atomic E-state index is -0.376. The molecule has 2 aromatic heterocycles. The first-order chi connectivity index (χ1) is 24.8. The van der Waals surface area contributed by atoms with E-state index in [-0.39, 0.29) is 6.29 Å². The normalized spacial score (nSPS) is 17.6. The fourth-order valence-corrected chi connectivity index (χ4v) is 7.89. The number of fused-ring (bicyclic) bond motifs is 6. The topological polar surface area (TPSA) is 46.6 Å². The molecule has 2 aliphatic carbocycles. The molecule has 3 aliphatic rings. The van der Waals surface area contributed by atoms with Crippen molar-refractivity contribution in [3.05, 3.63) is 163 Å². The van der Waals surface area contributed by atoms with E-state index in [0.29, 0.717) is 0 Å². The third-order valence-corrected chi connectivity index (χ3v) is 10.3. The molecule has 5 heteroatoms. The molecule has 7 aromatic rings. The molecule has 0 radical (unpaired) electrons. The van der Waals surface area contributed by atoms with Crippen LogP contribution in [0, 0.1) is 0 Å². The first-order valence-electron chi connectivity index (χ1n) is 17.6. The van der Waals surface area contributed by atoms with E-state index < -0.39 is 0 Å². The summed E-state index contributed by atoms with van der Waals surface area (Å²) in [4.78, 5) is 10.4. The van der Waals surface area contributed by atoms with Crippen molar-refractivity contribution >= 4 is 61.0 Å². The maximum absolute atomic E-state index is 5.31. The molecule has 1 atom stereocenters. The Morgan fingerprint density at radius 1 is 0.600 bits per heavy atom. The van der Waals surface area contributed by atoms with E-state index in [0.717, 1.165) is 54.0 Å². The summed E-state index contributed by atoms with van der Waals surface area (Å²) in [6.45, 7) is 0. The number of hydrogen-bond donors (Lipinski definition) is 1. The number of amidine groups is 2. The number of hydrogen-bond acceptors (Lipinski definition) is 3. The largest absolute Gasteiger partial charge is 0.331 e. The predicted octanol–water partition coefficient (Wildman–Crippen LogP) is 10.9. The van der Waals surface area contributed by atoms with Gasteiger partial charge in [-0.1, -0.05) is 115 Å². The second kappa shape index (κ2) is 11.7. The molecule has 0 saturated carbocycles. The molecule has 0 amide bonds. The lowest BCUT2D eigenvalue weighted by atomic mass is 10.0. The van der Waals surface area contributed by atoms with E-state index in [1.165, 1.54) is 55.0 Å². The fourth-order valence-electron chi connectivity index (χ4n) is 7.89. The van der Waals surface area contributed by atoms with Crippen LogP contribution < -0.4 is 5.32 Å². The minimum Gasteiger partial charge on any atom is -0.331 e. The Balaban J connectivity index is 1.15. The summed E-state index contributed by atoms with van der Waals surface area (Å²) in [5, 5.41) is 8.68. The van der Waals surface area contributed by atoms with Crippen LogP contribution in [-0.4, -0.2) is 20.8 Å². The molecule has 0 spiro atoms. The summed E-state index contributed by atoms with van der Waals surface area (Å²) in [7, 11) is 0. The molecule has 10 rings (SSSR count). The van der Waals surface area contributed by atoms with Crippen LogP contribution in [0.2, 0.25) is 0 Å². The summed E-state index contributed by atoms with van der Waals surface area (Å²) in [5.41, 5.74) is 10.6. The molecule has 0 bridgehead atoms. The number of nitrogens with zero attached hydrogens (tertiary/aromatic N) is 4. The van der Waals surface area contributed by atoms with Crippen LogP contribution in [0.15, 0.2) is 167 Å². The molecule has 1 unspecified atom stereocenters. The molecule has 3 heterocycles. The second-order valence-electron chi connectivity index (χ2n) is 13.3. The fraction of sp³-hybridized carbons (Fsp3) is 0.111. The van der Waals surface area contributed by atoms with E-state index >= 15 is 0 Å². The number of allylic oxidation sites excluding steroid dienone is 7. The molecular weight excluding hydrogens is 611 g/mol. The molecular formula is C45H35N5. The lowest BCUT2D eigenvalue weighted by Crippen LogP contribution is -2.36. The average Bonchev–Trinajstić information content (AvgIpc) is 3.71. The first kappa shape index (κ1) is 28.8. The van der Waals surface area contributed by atoms with Crippen molar-refractivity contribution in [2.75, 3.05) is 0 Å². The van der Waals surface area contributed by atoms with E-state index in [9.17, 15) is 0 Å². The van der Waals surface area contributed by atoms with Crippen LogP contribution in [0.25, 0.3) is 60.4 Å². The average molecular weight is 646 g/mol. The molecule has 0 fully saturated rings. The van der Waals surface area contributed by atoms with Gasteiger partial charge in [0, 0.05) is 32.8 Å². The van der Waals surface area contributed by atoms with Gasteiger partial charge in [-0.3, -0.25) is 0 Å². The van der Waals surface area contributed by atoms with Crippen LogP contribution in [-0.2, 0) is 0 Å². The molecule has 5 aromatic carbocycles. The summed E-state index contributed by atoms with van der Waals surface area (Å²) >= 11 is 0. The highest BCUT2D eigenvalue weighted by Crippen LogP contribution is 2.39. The summed E-state index contributed by atoms with van der Waals surface area (Å²) in [6, 6.07) is 41.7. The van der Waals surface area contributed by atoms with E-state index in [1.54, 1.807) is 0 Å². The Hall–Kier alpha value is -6.20. The highest BCUT2D eigenvalue weighted by Gasteiger charge is 2.25. The number of para-hydroxylation sites is 2. The van der Waals surface area contributed by atoms with Gasteiger partial charge in [0.05, 0.1) is 22.1 Å². The standard InChI is InChI=1S/C45H35N5/c1-4-14-30(15-5-1)43-46-44(31-16-6-2-7-17-31)48-45(47-43)50-40-23-13-10-20-35(40)37-26-24-33(29-42(37)50)32-25-27-41-38(28-32)36-21-11-12-22-39(36)49(41)34-18-8-3-9-19-34/h1-2,4-6,8,10-16,18-29,45H,3,7,9,17H2,(H,46,47,48). The van der Waals surface area contributed by atoms with E-state index in [4.69, 9.17) is 9.98 Å². The zero-order chi connectivity index (χ0) is 33.0. The van der Waals surface area contributed by atoms with Crippen molar-refractivity contribution < 1.29 is 0 Å². The quantitative estimate of drug-likeness (QED) is 0.199. The Kier molecular flexibility index (Phi) is 6.76. The minimum absolute atomic E-state index is 0.376. The summed E-state index contributed by atoms with van der Waals surface area (Å²) in [6.07, 6.45) is 17.1. The molecule has 240 valence electrons. The maximum Gasteiger partial charge on any atom is 0.204 e. The van der Waals surface area contributed by atoms with Gasteiger partial charge in [0.2, 0.25) is 6.29 Å². The van der Waals surface area contributed by atoms with Gasteiger partial charge in [-0.05, 0) is 78.8 Å². The molecule has 0 saturated heterocycles. The van der Waals surface area contributed by atoms with Gasteiger partial charge < -0.3 is 14.5 Å². The zero-order valence-electron chi connectivity index (χ0n) is 27.6. The van der Waals surface area contributed by atoms with Crippen LogP contribution in [0.1, 0.15) is 37.5 Å². The van der Waals surface area contributed by atoms with Crippen molar-refractivity contribution in [1.82, 2.24) is 14.5 Å². The Morgan fingerprint density at radius 2 is 1.34 bits per heavy atom. The highest BCUT2D eigenvalue weighted by molar-refractivity contribution is 6.15. The van der Waals surface area contributed by atoms with Crippen molar-refractivity contribution in [3.8, 4) is 11.1 Å². The highest BCUT2D eigenvalue weighted by atomic mass is 15.3. The van der Waals surface area contributed by atoms with Crippen molar-refractivity contribution in [3.63, 3.8) is 0 Å². The van der Waals surface area contributed by atoms with Gasteiger partial charge >= 0.3 is 0 Å². The number of aliphatic imine (C=N–C) groups is 2. The van der Waals surface area contributed by atoms with Gasteiger partial charge in [0.1, 0.15) is 5.84 Å². The van der Waals surface area contributed by atoms with Crippen LogP contribution >= 0.6 is 0 Å². The first-order valence-corrected chi connectivity index (χ1v) is 17.6. The molecule has 1 aliphatic heterocycles. The number of rotatable bonds is 5. The predicted molar refractivity (Wildman–Crippen MR) is 210 cm³/mol. The lowest BCUT2D eigenvalue weighted by Gasteiger charge is -2.26. The van der Waals surface area contributed by atoms with E-state index in [1.807, 2.05) is 6.07 Å².